The van der Waals surface area contributed by atoms with Gasteiger partial charge in [0.1, 0.15) is 5.75 Å². The Kier molecular flexibility index (Phi) is 8.03. The molecule has 1 nitrogen and oxygen atoms in total. The lowest BCUT2D eigenvalue weighted by Crippen LogP contribution is -2.18. The van der Waals surface area contributed by atoms with E-state index < -0.39 is 0 Å². The van der Waals surface area contributed by atoms with Gasteiger partial charge >= 0.3 is 0 Å². The summed E-state index contributed by atoms with van der Waals surface area (Å²) in [6.45, 7) is 17.7. The summed E-state index contributed by atoms with van der Waals surface area (Å²) in [7, 11) is 0. The highest BCUT2D eigenvalue weighted by atomic mass is 16.3. The fourth-order valence-corrected chi connectivity index (χ4v) is 3.39. The van der Waals surface area contributed by atoms with Gasteiger partial charge in [-0.25, -0.2) is 0 Å². The van der Waals surface area contributed by atoms with Crippen molar-refractivity contribution in [2.45, 2.75) is 111 Å². The second kappa shape index (κ2) is 9.10. The van der Waals surface area contributed by atoms with Crippen molar-refractivity contribution in [2.75, 3.05) is 0 Å². The number of hydrogen-bond acceptors (Lipinski definition) is 1. The van der Waals surface area contributed by atoms with Gasteiger partial charge in [-0.15, -0.1) is 0 Å². The van der Waals surface area contributed by atoms with Crippen molar-refractivity contribution in [3.05, 3.63) is 28.8 Å². The van der Waals surface area contributed by atoms with Crippen LogP contribution in [0.25, 0.3) is 0 Å². The van der Waals surface area contributed by atoms with Crippen LogP contribution in [0.1, 0.15) is 111 Å². The van der Waals surface area contributed by atoms with Crippen LogP contribution < -0.4 is 0 Å². The molecule has 0 bridgehead atoms. The molecule has 0 amide bonds. The number of aromatic hydroxyl groups is 1. The van der Waals surface area contributed by atoms with E-state index >= 15 is 0 Å². The first-order valence-corrected chi connectivity index (χ1v) is 10.3. The maximum absolute atomic E-state index is 10.8. The molecule has 0 aliphatic carbocycles. The topological polar surface area (TPSA) is 20.2 Å². The van der Waals surface area contributed by atoms with Gasteiger partial charge in [-0.1, -0.05) is 99.6 Å². The molecule has 1 aromatic rings. The summed E-state index contributed by atoms with van der Waals surface area (Å²) >= 11 is 0. The van der Waals surface area contributed by atoms with Crippen molar-refractivity contribution in [3.63, 3.8) is 0 Å². The molecule has 0 heterocycles. The zero-order chi connectivity index (χ0) is 19.3. The summed E-state index contributed by atoms with van der Waals surface area (Å²) < 4.78 is 0. The largest absolute Gasteiger partial charge is 0.507 e. The van der Waals surface area contributed by atoms with Gasteiger partial charge in [-0.05, 0) is 46.3 Å². The van der Waals surface area contributed by atoms with Crippen molar-refractivity contribution in [1.29, 1.82) is 0 Å². The molecule has 0 saturated heterocycles. The first kappa shape index (κ1) is 22.1. The third-order valence-corrected chi connectivity index (χ3v) is 5.03. The molecule has 0 aliphatic rings. The van der Waals surface area contributed by atoms with Gasteiger partial charge in [-0.2, -0.15) is 0 Å². The number of benzene rings is 1. The Labute approximate surface area is 157 Å². The minimum Gasteiger partial charge on any atom is -0.507 e. The van der Waals surface area contributed by atoms with Crippen LogP contribution in [0.3, 0.4) is 0 Å². The molecule has 0 atom stereocenters. The molecule has 0 fully saturated rings. The van der Waals surface area contributed by atoms with E-state index in [0.29, 0.717) is 5.75 Å². The predicted octanol–water partition coefficient (Wildman–Crippen LogP) is 7.53. The zero-order valence-electron chi connectivity index (χ0n) is 18.1. The SMILES string of the molecule is CC(C)CCCCCCCc1cc(C(C)(C)C)c(O)c(C(C)(C)C)c1. The average Bonchev–Trinajstić information content (AvgIpc) is 2.44. The second-order valence-corrected chi connectivity index (χ2v) is 10.2. The molecule has 1 rings (SSSR count). The van der Waals surface area contributed by atoms with Crippen LogP contribution in [0.5, 0.6) is 5.75 Å². The summed E-state index contributed by atoms with van der Waals surface area (Å²) in [5, 5.41) is 10.8. The Bertz CT molecular complexity index is 491. The van der Waals surface area contributed by atoms with E-state index in [2.05, 4.69) is 67.5 Å². The molecule has 144 valence electrons. The number of hydrogen-bond donors (Lipinski definition) is 1. The Morgan fingerprint density at radius 1 is 0.760 bits per heavy atom. The van der Waals surface area contributed by atoms with E-state index in [-0.39, 0.29) is 10.8 Å². The molecule has 1 heteroatoms. The summed E-state index contributed by atoms with van der Waals surface area (Å²) in [4.78, 5) is 0. The van der Waals surface area contributed by atoms with Gasteiger partial charge in [-0.3, -0.25) is 0 Å². The third kappa shape index (κ3) is 7.42. The molecular formula is C24H42O. The normalized spacial score (nSPS) is 12.8. The summed E-state index contributed by atoms with van der Waals surface area (Å²) in [5.41, 5.74) is 3.50. The van der Waals surface area contributed by atoms with Gasteiger partial charge in [0.2, 0.25) is 0 Å². The van der Waals surface area contributed by atoms with Gasteiger partial charge in [0, 0.05) is 0 Å². The monoisotopic (exact) mass is 346 g/mol. The lowest BCUT2D eigenvalue weighted by molar-refractivity contribution is 0.422. The first-order valence-electron chi connectivity index (χ1n) is 10.3. The minimum absolute atomic E-state index is 0.0308. The number of phenols is 1. The maximum atomic E-state index is 10.8. The molecule has 0 aromatic heterocycles. The fraction of sp³-hybridized carbons (Fsp3) is 0.750. The lowest BCUT2D eigenvalue weighted by Gasteiger charge is -2.28. The van der Waals surface area contributed by atoms with Crippen LogP contribution in [0, 0.1) is 5.92 Å². The van der Waals surface area contributed by atoms with Crippen LogP contribution in [-0.4, -0.2) is 5.11 Å². The number of phenolic OH excluding ortho intramolecular Hbond substituents is 1. The average molecular weight is 347 g/mol. The number of rotatable bonds is 8. The molecule has 0 unspecified atom stereocenters. The molecule has 0 radical (unpaired) electrons. The molecule has 0 aliphatic heterocycles. The summed E-state index contributed by atoms with van der Waals surface area (Å²) in [6.07, 6.45) is 9.14. The van der Waals surface area contributed by atoms with Crippen molar-refractivity contribution in [2.24, 2.45) is 5.92 Å². The van der Waals surface area contributed by atoms with E-state index in [4.69, 9.17) is 0 Å². The first-order chi connectivity index (χ1) is 11.4. The van der Waals surface area contributed by atoms with E-state index in [9.17, 15) is 5.11 Å². The molecule has 0 saturated carbocycles. The second-order valence-electron chi connectivity index (χ2n) is 10.2. The Morgan fingerprint density at radius 3 is 1.64 bits per heavy atom. The summed E-state index contributed by atoms with van der Waals surface area (Å²) in [6, 6.07) is 4.48. The van der Waals surface area contributed by atoms with Gasteiger partial charge in [0.25, 0.3) is 0 Å². The molecule has 0 spiro atoms. The van der Waals surface area contributed by atoms with Gasteiger partial charge in [0.05, 0.1) is 0 Å². The van der Waals surface area contributed by atoms with E-state index in [1.165, 1.54) is 44.1 Å². The van der Waals surface area contributed by atoms with Crippen LogP contribution in [-0.2, 0) is 17.3 Å². The Balaban J connectivity index is 2.74. The standard InChI is InChI=1S/C24H42O/c1-18(2)14-12-10-9-11-13-15-19-16-20(23(3,4)5)22(25)21(17-19)24(6,7)8/h16-18,25H,9-15H2,1-8H3. The van der Waals surface area contributed by atoms with E-state index in [0.717, 1.165) is 23.5 Å². The quantitative estimate of drug-likeness (QED) is 0.482. The highest BCUT2D eigenvalue weighted by Gasteiger charge is 2.26. The maximum Gasteiger partial charge on any atom is 0.123 e. The fourth-order valence-electron chi connectivity index (χ4n) is 3.39. The third-order valence-electron chi connectivity index (χ3n) is 5.03. The van der Waals surface area contributed by atoms with E-state index in [1.807, 2.05) is 0 Å². The Hall–Kier alpha value is -0.980. The Morgan fingerprint density at radius 2 is 1.20 bits per heavy atom. The molecule has 1 aromatic carbocycles. The highest BCUT2D eigenvalue weighted by Crippen LogP contribution is 2.40. The van der Waals surface area contributed by atoms with Gasteiger partial charge in [0.15, 0.2) is 0 Å². The van der Waals surface area contributed by atoms with Crippen LogP contribution in [0.4, 0.5) is 0 Å². The predicted molar refractivity (Wildman–Crippen MR) is 112 cm³/mol. The van der Waals surface area contributed by atoms with Crippen molar-refractivity contribution in [3.8, 4) is 5.75 Å². The van der Waals surface area contributed by atoms with E-state index in [1.54, 1.807) is 0 Å². The van der Waals surface area contributed by atoms with Crippen LogP contribution >= 0.6 is 0 Å². The molecular weight excluding hydrogens is 304 g/mol. The van der Waals surface area contributed by atoms with Gasteiger partial charge < -0.3 is 5.11 Å². The zero-order valence-corrected chi connectivity index (χ0v) is 18.1. The molecule has 25 heavy (non-hydrogen) atoms. The summed E-state index contributed by atoms with van der Waals surface area (Å²) in [5.74, 6) is 1.33. The highest BCUT2D eigenvalue weighted by molar-refractivity contribution is 5.49. The van der Waals surface area contributed by atoms with Crippen LogP contribution in [0.15, 0.2) is 12.1 Å². The lowest BCUT2D eigenvalue weighted by atomic mass is 9.78. The minimum atomic E-state index is -0.0308. The van der Waals surface area contributed by atoms with Crippen molar-refractivity contribution in [1.82, 2.24) is 0 Å². The van der Waals surface area contributed by atoms with Crippen LogP contribution in [0.2, 0.25) is 0 Å². The molecule has 1 N–H and O–H groups in total. The number of unbranched alkanes of at least 4 members (excludes halogenated alkanes) is 4. The van der Waals surface area contributed by atoms with Crippen molar-refractivity contribution >= 4 is 0 Å². The smallest absolute Gasteiger partial charge is 0.123 e. The van der Waals surface area contributed by atoms with Crippen molar-refractivity contribution < 1.29 is 5.11 Å². The number of aryl methyl sites for hydroxylation is 1.